The molecular weight excluding hydrogens is 374 g/mol. The van der Waals surface area contributed by atoms with Crippen molar-refractivity contribution in [1.29, 1.82) is 0 Å². The first-order valence-electron chi connectivity index (χ1n) is 6.75. The van der Waals surface area contributed by atoms with Crippen LogP contribution in [0.15, 0.2) is 0 Å². The highest BCUT2D eigenvalue weighted by Crippen LogP contribution is 2.31. The van der Waals surface area contributed by atoms with Gasteiger partial charge in [0.2, 0.25) is 13.4 Å². The van der Waals surface area contributed by atoms with E-state index in [2.05, 4.69) is 0 Å². The zero-order valence-electron chi connectivity index (χ0n) is 13.2. The van der Waals surface area contributed by atoms with E-state index in [4.69, 9.17) is 54.1 Å². The molecular formula is C12H26Cl4O2Si2. The number of hydrogen-bond donors (Lipinski definition) is 0. The highest BCUT2D eigenvalue weighted by molar-refractivity contribution is 7.45. The Bertz CT molecular complexity index is 269. The third-order valence-electron chi connectivity index (χ3n) is 2.82. The Hall–Kier alpha value is 1.51. The average Bonchev–Trinajstić information content (AvgIpc) is 2.20. The fourth-order valence-electron chi connectivity index (χ4n) is 1.35. The highest BCUT2D eigenvalue weighted by Gasteiger charge is 2.32. The molecule has 0 unspecified atom stereocenters. The van der Waals surface area contributed by atoms with E-state index in [1.54, 1.807) is 0 Å². The fourth-order valence-corrected chi connectivity index (χ4v) is 4.57. The molecule has 0 aliphatic carbocycles. The van der Waals surface area contributed by atoms with Gasteiger partial charge in [-0.3, -0.25) is 0 Å². The van der Waals surface area contributed by atoms with Gasteiger partial charge in [0.1, 0.15) is 0 Å². The number of hydrogen-bond acceptors (Lipinski definition) is 2. The summed E-state index contributed by atoms with van der Waals surface area (Å²) in [5, 5.41) is 0. The summed E-state index contributed by atoms with van der Waals surface area (Å²) in [6.07, 6.45) is 1.52. The second-order valence-corrected chi connectivity index (χ2v) is 23.3. The van der Waals surface area contributed by atoms with Gasteiger partial charge in [-0.05, 0) is 65.7 Å². The van der Waals surface area contributed by atoms with E-state index >= 15 is 0 Å². The summed E-state index contributed by atoms with van der Waals surface area (Å²) in [5.74, 6) is 0. The molecule has 0 saturated heterocycles. The van der Waals surface area contributed by atoms with Gasteiger partial charge in [-0.25, -0.2) is 9.78 Å². The molecule has 8 heteroatoms. The molecule has 0 amide bonds. The van der Waals surface area contributed by atoms with E-state index in [9.17, 15) is 0 Å². The molecule has 0 rings (SSSR count). The monoisotopic (exact) mass is 398 g/mol. The molecule has 0 atom stereocenters. The van der Waals surface area contributed by atoms with Crippen LogP contribution in [0.25, 0.3) is 0 Å². The highest BCUT2D eigenvalue weighted by atomic mass is 35.7. The van der Waals surface area contributed by atoms with Crippen molar-refractivity contribution in [2.75, 3.05) is 0 Å². The molecule has 0 heterocycles. The van der Waals surface area contributed by atoms with Gasteiger partial charge in [0.05, 0.1) is 11.2 Å². The van der Waals surface area contributed by atoms with Crippen LogP contribution in [0.5, 0.6) is 0 Å². The molecule has 0 aliphatic heterocycles. The van der Waals surface area contributed by atoms with Crippen molar-refractivity contribution in [1.82, 2.24) is 0 Å². The summed E-state index contributed by atoms with van der Waals surface area (Å²) < 4.78 is 0. The summed E-state index contributed by atoms with van der Waals surface area (Å²) in [5.41, 5.74) is -0.837. The molecule has 0 spiro atoms. The molecule has 2 nitrogen and oxygen atoms in total. The van der Waals surface area contributed by atoms with Gasteiger partial charge >= 0.3 is 0 Å². The average molecular weight is 400 g/mol. The molecule has 0 radical (unpaired) electrons. The molecule has 0 aromatic rings. The first kappa shape index (κ1) is 21.5. The van der Waals surface area contributed by atoms with E-state index in [0.717, 1.165) is 24.9 Å². The van der Waals surface area contributed by atoms with E-state index in [1.165, 1.54) is 0 Å². The number of halogens is 4. The summed E-state index contributed by atoms with van der Waals surface area (Å²) in [6, 6.07) is 1.53. The smallest absolute Gasteiger partial charge is 0.230 e. The van der Waals surface area contributed by atoms with Crippen LogP contribution in [-0.4, -0.2) is 24.6 Å². The van der Waals surface area contributed by atoms with Crippen molar-refractivity contribution in [2.45, 2.75) is 76.9 Å². The maximum absolute atomic E-state index is 6.11. The van der Waals surface area contributed by atoms with Gasteiger partial charge in [-0.15, -0.1) is 44.3 Å². The van der Waals surface area contributed by atoms with Crippen LogP contribution in [0.2, 0.25) is 25.2 Å². The predicted octanol–water partition coefficient (Wildman–Crippen LogP) is 6.37. The first-order chi connectivity index (χ1) is 8.62. The van der Waals surface area contributed by atoms with Gasteiger partial charge in [0.15, 0.2) is 0 Å². The van der Waals surface area contributed by atoms with Crippen LogP contribution in [0, 0.1) is 0 Å². The Balaban J connectivity index is 4.23. The lowest BCUT2D eigenvalue weighted by atomic mass is 10.1. The van der Waals surface area contributed by atoms with Gasteiger partial charge in [0, 0.05) is 0 Å². The largest absolute Gasteiger partial charge is 0.248 e. The van der Waals surface area contributed by atoms with Crippen molar-refractivity contribution in [3.8, 4) is 0 Å². The quantitative estimate of drug-likeness (QED) is 0.194. The van der Waals surface area contributed by atoms with Crippen LogP contribution in [0.1, 0.15) is 40.5 Å². The van der Waals surface area contributed by atoms with Gasteiger partial charge < -0.3 is 0 Å². The van der Waals surface area contributed by atoms with Gasteiger partial charge in [0.25, 0.3) is 0 Å². The topological polar surface area (TPSA) is 18.5 Å². The predicted molar refractivity (Wildman–Crippen MR) is 95.8 cm³/mol. The molecule has 0 N–H and O–H groups in total. The Labute approximate surface area is 144 Å². The third kappa shape index (κ3) is 13.2. The maximum atomic E-state index is 6.11. The van der Waals surface area contributed by atoms with Gasteiger partial charge in [-0.1, -0.05) is 0 Å². The zero-order valence-corrected chi connectivity index (χ0v) is 18.2. The van der Waals surface area contributed by atoms with Crippen LogP contribution in [-0.2, 0) is 9.78 Å². The SMILES string of the molecule is CC(C)(CC[Si](C)(Cl)Cl)OOC(C)(C)CC[Si](C)(Cl)Cl. The fraction of sp³-hybridized carbons (Fsp3) is 1.00. The zero-order chi connectivity index (χ0) is 16.2. The second kappa shape index (κ2) is 7.87. The summed E-state index contributed by atoms with van der Waals surface area (Å²) in [7, 11) is 0. The van der Waals surface area contributed by atoms with Crippen molar-refractivity contribution in [3.63, 3.8) is 0 Å². The Kier molecular flexibility index (Phi) is 8.46. The Morgan fingerprint density at radius 1 is 0.700 bits per heavy atom. The standard InChI is InChI=1S/C12H26Cl4O2Si2/c1-11(2,7-9-19(5,13)14)17-18-12(3,4)8-10-20(6,15)16/h7-10H2,1-6H3. The van der Waals surface area contributed by atoms with Crippen LogP contribution < -0.4 is 0 Å². The molecule has 0 aliphatic rings. The molecule has 122 valence electrons. The second-order valence-electron chi connectivity index (χ2n) is 6.83. The molecule has 20 heavy (non-hydrogen) atoms. The van der Waals surface area contributed by atoms with E-state index in [0.29, 0.717) is 0 Å². The minimum Gasteiger partial charge on any atom is -0.230 e. The van der Waals surface area contributed by atoms with E-state index in [1.807, 2.05) is 40.8 Å². The maximum Gasteiger partial charge on any atom is 0.248 e. The molecule has 0 bridgehead atoms. The molecule has 0 fully saturated rings. The third-order valence-corrected chi connectivity index (χ3v) is 7.35. The van der Waals surface area contributed by atoms with E-state index < -0.39 is 24.6 Å². The lowest BCUT2D eigenvalue weighted by molar-refractivity contribution is -0.401. The summed E-state index contributed by atoms with van der Waals surface area (Å²) in [6.45, 7) is 7.49. The Morgan fingerprint density at radius 2 is 0.950 bits per heavy atom. The van der Waals surface area contributed by atoms with Crippen molar-refractivity contribution >= 4 is 57.7 Å². The van der Waals surface area contributed by atoms with Crippen LogP contribution in [0.4, 0.5) is 0 Å². The lowest BCUT2D eigenvalue weighted by Gasteiger charge is -2.32. The minimum absolute atomic E-state index is 0.419. The molecule has 0 aromatic heterocycles. The van der Waals surface area contributed by atoms with Crippen molar-refractivity contribution in [2.24, 2.45) is 0 Å². The lowest BCUT2D eigenvalue weighted by Crippen LogP contribution is -2.34. The summed E-state index contributed by atoms with van der Waals surface area (Å²) >= 11 is 24.4. The van der Waals surface area contributed by atoms with Crippen LogP contribution >= 0.6 is 44.3 Å². The van der Waals surface area contributed by atoms with E-state index in [-0.39, 0.29) is 0 Å². The Morgan fingerprint density at radius 3 is 1.15 bits per heavy atom. The molecule has 0 aromatic carbocycles. The van der Waals surface area contributed by atoms with Crippen LogP contribution in [0.3, 0.4) is 0 Å². The first-order valence-corrected chi connectivity index (χ1v) is 16.2. The normalized spacial score (nSPS) is 14.7. The summed E-state index contributed by atoms with van der Waals surface area (Å²) in [4.78, 5) is 11.2. The van der Waals surface area contributed by atoms with Gasteiger partial charge in [-0.2, -0.15) is 0 Å². The van der Waals surface area contributed by atoms with Crippen molar-refractivity contribution < 1.29 is 9.78 Å². The molecule has 0 saturated carbocycles. The van der Waals surface area contributed by atoms with Crippen molar-refractivity contribution in [3.05, 3.63) is 0 Å². The number of rotatable bonds is 9. The minimum atomic E-state index is -2.10.